The van der Waals surface area contributed by atoms with E-state index in [4.69, 9.17) is 0 Å². The number of alkyl halides is 3. The van der Waals surface area contributed by atoms with E-state index in [0.29, 0.717) is 44.0 Å². The van der Waals surface area contributed by atoms with Crippen molar-refractivity contribution >= 4 is 27.7 Å². The first-order chi connectivity index (χ1) is 12.3. The lowest BCUT2D eigenvalue weighted by Crippen LogP contribution is -2.35. The minimum absolute atomic E-state index is 0.110. The minimum atomic E-state index is -4.40. The van der Waals surface area contributed by atoms with E-state index in [0.717, 1.165) is 16.7 Å². The van der Waals surface area contributed by atoms with Crippen LogP contribution in [0.15, 0.2) is 41.3 Å². The van der Waals surface area contributed by atoms with Crippen LogP contribution in [0, 0.1) is 0 Å². The molecule has 1 aliphatic rings. The second kappa shape index (κ2) is 7.61. The Hall–Kier alpha value is -2.16. The molecule has 0 aromatic carbocycles. The molecule has 1 saturated heterocycles. The molecule has 0 N–H and O–H groups in total. The summed E-state index contributed by atoms with van der Waals surface area (Å²) in [7, 11) is 0. The predicted octanol–water partition coefficient (Wildman–Crippen LogP) is 3.61. The van der Waals surface area contributed by atoms with Crippen molar-refractivity contribution in [2.75, 3.05) is 31.1 Å². The van der Waals surface area contributed by atoms with Gasteiger partial charge in [-0.15, -0.1) is 0 Å². The average Bonchev–Trinajstić information content (AvgIpc) is 2.86. The highest BCUT2D eigenvalue weighted by Crippen LogP contribution is 2.29. The third-order valence-electron chi connectivity index (χ3n) is 4.13. The Balaban J connectivity index is 1.67. The summed E-state index contributed by atoms with van der Waals surface area (Å²) in [5.74, 6) is 0.373. The van der Waals surface area contributed by atoms with Gasteiger partial charge in [-0.1, -0.05) is 0 Å². The Morgan fingerprint density at radius 1 is 1.08 bits per heavy atom. The number of hydrogen-bond donors (Lipinski definition) is 0. The number of carbonyl (C=O) groups excluding carboxylic acids is 1. The molecule has 1 aliphatic heterocycles. The molecule has 0 spiro atoms. The number of amides is 1. The second-order valence-corrected chi connectivity index (χ2v) is 6.84. The Morgan fingerprint density at radius 3 is 2.54 bits per heavy atom. The van der Waals surface area contributed by atoms with Crippen LogP contribution in [0.25, 0.3) is 0 Å². The first kappa shape index (κ1) is 18.6. The van der Waals surface area contributed by atoms with E-state index >= 15 is 0 Å². The van der Waals surface area contributed by atoms with E-state index in [1.165, 1.54) is 12.3 Å². The summed E-state index contributed by atoms with van der Waals surface area (Å²) in [5, 5.41) is 0. The Bertz CT molecular complexity index is 782. The molecule has 26 heavy (non-hydrogen) atoms. The Kier molecular flexibility index (Phi) is 5.45. The molecule has 0 saturated carbocycles. The van der Waals surface area contributed by atoms with Crippen LogP contribution < -0.4 is 4.90 Å². The molecule has 3 heterocycles. The van der Waals surface area contributed by atoms with Crippen LogP contribution in [-0.4, -0.2) is 47.0 Å². The standard InChI is InChI=1S/C17H16BrF3N4O/c18-14-8-12(9-22-11-14)16(26)25-5-1-4-24(6-7-25)15-3-2-13(10-23-15)17(19,20)21/h2-3,8-11H,1,4-7H2. The van der Waals surface area contributed by atoms with Crippen LogP contribution in [0.3, 0.4) is 0 Å². The van der Waals surface area contributed by atoms with E-state index in [9.17, 15) is 18.0 Å². The monoisotopic (exact) mass is 428 g/mol. The average molecular weight is 429 g/mol. The van der Waals surface area contributed by atoms with Crippen molar-refractivity contribution in [3.8, 4) is 0 Å². The summed E-state index contributed by atoms with van der Waals surface area (Å²) in [6.45, 7) is 2.17. The molecule has 0 radical (unpaired) electrons. The third-order valence-corrected chi connectivity index (χ3v) is 4.57. The molecule has 0 unspecified atom stereocenters. The number of hydrogen-bond acceptors (Lipinski definition) is 4. The van der Waals surface area contributed by atoms with Crippen LogP contribution >= 0.6 is 15.9 Å². The van der Waals surface area contributed by atoms with Crippen LogP contribution in [0.2, 0.25) is 0 Å². The van der Waals surface area contributed by atoms with Gasteiger partial charge in [0.2, 0.25) is 0 Å². The fourth-order valence-corrected chi connectivity index (χ4v) is 3.17. The van der Waals surface area contributed by atoms with Crippen molar-refractivity contribution < 1.29 is 18.0 Å². The van der Waals surface area contributed by atoms with Crippen molar-refractivity contribution in [3.63, 3.8) is 0 Å². The fourth-order valence-electron chi connectivity index (χ4n) is 2.80. The van der Waals surface area contributed by atoms with Gasteiger partial charge in [-0.2, -0.15) is 13.2 Å². The quantitative estimate of drug-likeness (QED) is 0.732. The molecule has 9 heteroatoms. The molecule has 3 rings (SSSR count). The van der Waals surface area contributed by atoms with Crippen LogP contribution in [0.1, 0.15) is 22.3 Å². The molecule has 0 atom stereocenters. The lowest BCUT2D eigenvalue weighted by atomic mass is 10.2. The van der Waals surface area contributed by atoms with Gasteiger partial charge in [0.15, 0.2) is 0 Å². The largest absolute Gasteiger partial charge is 0.417 e. The molecule has 1 fully saturated rings. The second-order valence-electron chi connectivity index (χ2n) is 5.93. The number of rotatable bonds is 2. The molecule has 1 amide bonds. The SMILES string of the molecule is O=C(c1cncc(Br)c1)N1CCCN(c2ccc(C(F)(F)F)cn2)CC1. The van der Waals surface area contributed by atoms with Crippen molar-refractivity contribution in [1.82, 2.24) is 14.9 Å². The topological polar surface area (TPSA) is 49.3 Å². The molecule has 2 aromatic heterocycles. The maximum absolute atomic E-state index is 12.7. The highest BCUT2D eigenvalue weighted by Gasteiger charge is 2.31. The fraction of sp³-hybridized carbons (Fsp3) is 0.353. The number of aromatic nitrogens is 2. The highest BCUT2D eigenvalue weighted by atomic mass is 79.9. The van der Waals surface area contributed by atoms with E-state index in [1.54, 1.807) is 17.2 Å². The van der Waals surface area contributed by atoms with E-state index in [2.05, 4.69) is 25.9 Å². The van der Waals surface area contributed by atoms with Gasteiger partial charge in [0, 0.05) is 49.2 Å². The summed E-state index contributed by atoms with van der Waals surface area (Å²) < 4.78 is 38.7. The predicted molar refractivity (Wildman–Crippen MR) is 93.9 cm³/mol. The van der Waals surface area contributed by atoms with Crippen molar-refractivity contribution in [2.24, 2.45) is 0 Å². The zero-order valence-corrected chi connectivity index (χ0v) is 15.3. The summed E-state index contributed by atoms with van der Waals surface area (Å²) in [4.78, 5) is 24.2. The summed E-state index contributed by atoms with van der Waals surface area (Å²) in [5.41, 5.74) is -0.268. The minimum Gasteiger partial charge on any atom is -0.355 e. The normalized spacial score (nSPS) is 15.7. The molecular weight excluding hydrogens is 413 g/mol. The maximum atomic E-state index is 12.7. The van der Waals surface area contributed by atoms with E-state index in [1.807, 2.05) is 4.90 Å². The van der Waals surface area contributed by atoms with Gasteiger partial charge >= 0.3 is 6.18 Å². The van der Waals surface area contributed by atoms with E-state index in [-0.39, 0.29) is 5.91 Å². The van der Waals surface area contributed by atoms with Crippen molar-refractivity contribution in [1.29, 1.82) is 0 Å². The zero-order valence-electron chi connectivity index (χ0n) is 13.7. The summed E-state index contributed by atoms with van der Waals surface area (Å²) in [6.07, 6.45) is 0.280. The van der Waals surface area contributed by atoms with Gasteiger partial charge in [-0.25, -0.2) is 4.98 Å². The number of pyridine rings is 2. The van der Waals surface area contributed by atoms with Crippen LogP contribution in [0.4, 0.5) is 19.0 Å². The van der Waals surface area contributed by atoms with Crippen LogP contribution in [-0.2, 0) is 6.18 Å². The molecule has 0 aliphatic carbocycles. The van der Waals surface area contributed by atoms with Gasteiger partial charge in [-0.3, -0.25) is 9.78 Å². The smallest absolute Gasteiger partial charge is 0.355 e. The van der Waals surface area contributed by atoms with Gasteiger partial charge in [0.1, 0.15) is 5.82 Å². The maximum Gasteiger partial charge on any atom is 0.417 e. The van der Waals surface area contributed by atoms with Gasteiger partial charge in [-0.05, 0) is 40.5 Å². The number of halogens is 4. The van der Waals surface area contributed by atoms with Crippen LogP contribution in [0.5, 0.6) is 0 Å². The summed E-state index contributed by atoms with van der Waals surface area (Å²) >= 11 is 3.30. The van der Waals surface area contributed by atoms with Gasteiger partial charge in [0.25, 0.3) is 5.91 Å². The Morgan fingerprint density at radius 2 is 1.88 bits per heavy atom. The highest BCUT2D eigenvalue weighted by molar-refractivity contribution is 9.10. The Labute approximate surface area is 157 Å². The van der Waals surface area contributed by atoms with Crippen molar-refractivity contribution in [3.05, 3.63) is 52.4 Å². The lowest BCUT2D eigenvalue weighted by molar-refractivity contribution is -0.137. The first-order valence-corrected chi connectivity index (χ1v) is 8.82. The molecular formula is C17H16BrF3N4O. The molecule has 2 aromatic rings. The third kappa shape index (κ3) is 4.32. The number of nitrogens with zero attached hydrogens (tertiary/aromatic N) is 4. The molecule has 5 nitrogen and oxygen atoms in total. The van der Waals surface area contributed by atoms with Crippen molar-refractivity contribution in [2.45, 2.75) is 12.6 Å². The molecule has 138 valence electrons. The van der Waals surface area contributed by atoms with Gasteiger partial charge < -0.3 is 9.80 Å². The van der Waals surface area contributed by atoms with E-state index < -0.39 is 11.7 Å². The molecule has 0 bridgehead atoms. The van der Waals surface area contributed by atoms with Gasteiger partial charge in [0.05, 0.1) is 11.1 Å². The number of anilines is 1. The summed E-state index contributed by atoms with van der Waals surface area (Å²) in [6, 6.07) is 4.12. The lowest BCUT2D eigenvalue weighted by Gasteiger charge is -2.23. The zero-order chi connectivity index (χ0) is 18.7. The number of carbonyl (C=O) groups is 1. The first-order valence-electron chi connectivity index (χ1n) is 8.02.